The second-order valence-electron chi connectivity index (χ2n) is 4.47. The van der Waals surface area contributed by atoms with Crippen LogP contribution in [-0.2, 0) is 5.54 Å². The van der Waals surface area contributed by atoms with Gasteiger partial charge in [-0.15, -0.1) is 0 Å². The van der Waals surface area contributed by atoms with Gasteiger partial charge in [-0.1, -0.05) is 30.3 Å². The molecule has 2 N–H and O–H groups in total. The third-order valence-electron chi connectivity index (χ3n) is 2.91. The van der Waals surface area contributed by atoms with Crippen LogP contribution in [0.2, 0.25) is 0 Å². The average molecular weight is 243 g/mol. The summed E-state index contributed by atoms with van der Waals surface area (Å²) in [4.78, 5) is 8.35. The Balaban J connectivity index is 2.29. The molecule has 1 aromatic heterocycles. The van der Waals surface area contributed by atoms with E-state index in [9.17, 15) is 5.11 Å². The summed E-state index contributed by atoms with van der Waals surface area (Å²) >= 11 is 0. The molecule has 4 nitrogen and oxygen atoms in total. The maximum absolute atomic E-state index is 9.66. The molecule has 0 bridgehead atoms. The molecule has 0 aliphatic heterocycles. The zero-order chi connectivity index (χ0) is 13.0. The Kier molecular flexibility index (Phi) is 3.58. The van der Waals surface area contributed by atoms with E-state index >= 15 is 0 Å². The molecule has 1 unspecified atom stereocenters. The molecule has 1 heterocycles. The fraction of sp³-hybridized carbons (Fsp3) is 0.286. The van der Waals surface area contributed by atoms with Gasteiger partial charge in [0.1, 0.15) is 11.6 Å². The highest BCUT2D eigenvalue weighted by Crippen LogP contribution is 2.24. The summed E-state index contributed by atoms with van der Waals surface area (Å²) in [7, 11) is 0. The number of benzene rings is 1. The van der Waals surface area contributed by atoms with Gasteiger partial charge in [0.2, 0.25) is 0 Å². The van der Waals surface area contributed by atoms with Crippen molar-refractivity contribution in [2.45, 2.75) is 19.4 Å². The lowest BCUT2D eigenvalue weighted by Gasteiger charge is -2.30. The predicted molar refractivity (Wildman–Crippen MR) is 71.3 cm³/mol. The van der Waals surface area contributed by atoms with Gasteiger partial charge in [-0.25, -0.2) is 9.97 Å². The summed E-state index contributed by atoms with van der Waals surface area (Å²) < 4.78 is 0. The van der Waals surface area contributed by atoms with E-state index in [2.05, 4.69) is 15.3 Å². The number of aliphatic hydroxyl groups is 1. The molecule has 0 amide bonds. The molecule has 1 aromatic carbocycles. The van der Waals surface area contributed by atoms with Crippen LogP contribution in [0, 0.1) is 6.92 Å². The van der Waals surface area contributed by atoms with Crippen LogP contribution in [0.4, 0.5) is 5.82 Å². The number of rotatable bonds is 4. The maximum Gasteiger partial charge on any atom is 0.130 e. The van der Waals surface area contributed by atoms with Gasteiger partial charge in [0.25, 0.3) is 0 Å². The molecular formula is C14H17N3O. The number of hydrogen-bond acceptors (Lipinski definition) is 4. The molecule has 2 rings (SSSR count). The standard InChI is InChI=1S/C14H17N3O/c1-11-15-9-8-13(16-11)17-14(2,10-18)12-6-4-3-5-7-12/h3-9,18H,10H2,1-2H3,(H,15,16,17). The number of nitrogens with zero attached hydrogens (tertiary/aromatic N) is 2. The van der Waals surface area contributed by atoms with Gasteiger partial charge in [-0.05, 0) is 25.5 Å². The predicted octanol–water partition coefficient (Wildman–Crippen LogP) is 2.10. The molecule has 4 heteroatoms. The summed E-state index contributed by atoms with van der Waals surface area (Å²) in [5.41, 5.74) is 0.464. The Morgan fingerprint density at radius 3 is 2.56 bits per heavy atom. The van der Waals surface area contributed by atoms with E-state index in [4.69, 9.17) is 0 Å². The van der Waals surface area contributed by atoms with Crippen LogP contribution in [0.15, 0.2) is 42.6 Å². The van der Waals surface area contributed by atoms with Crippen molar-refractivity contribution in [3.63, 3.8) is 0 Å². The smallest absolute Gasteiger partial charge is 0.130 e. The van der Waals surface area contributed by atoms with Crippen molar-refractivity contribution in [1.29, 1.82) is 0 Å². The minimum Gasteiger partial charge on any atom is -0.394 e. The second-order valence-corrected chi connectivity index (χ2v) is 4.47. The summed E-state index contributed by atoms with van der Waals surface area (Å²) in [5, 5.41) is 12.9. The first-order chi connectivity index (χ1) is 8.64. The van der Waals surface area contributed by atoms with Gasteiger partial charge in [0.15, 0.2) is 0 Å². The molecule has 0 aliphatic rings. The van der Waals surface area contributed by atoms with Crippen LogP contribution < -0.4 is 5.32 Å². The monoisotopic (exact) mass is 243 g/mol. The van der Waals surface area contributed by atoms with Crippen LogP contribution in [0.25, 0.3) is 0 Å². The van der Waals surface area contributed by atoms with Gasteiger partial charge < -0.3 is 10.4 Å². The van der Waals surface area contributed by atoms with Gasteiger partial charge in [-0.2, -0.15) is 0 Å². The van der Waals surface area contributed by atoms with E-state index in [1.165, 1.54) is 0 Å². The Hall–Kier alpha value is -1.94. The number of aliphatic hydroxyl groups excluding tert-OH is 1. The number of aromatic nitrogens is 2. The molecule has 0 aliphatic carbocycles. The Labute approximate surface area is 107 Å². The van der Waals surface area contributed by atoms with Crippen molar-refractivity contribution in [2.75, 3.05) is 11.9 Å². The fourth-order valence-corrected chi connectivity index (χ4v) is 1.82. The lowest BCUT2D eigenvalue weighted by molar-refractivity contribution is 0.223. The number of nitrogens with one attached hydrogen (secondary N) is 1. The number of anilines is 1. The van der Waals surface area contributed by atoms with Crippen molar-refractivity contribution in [3.05, 3.63) is 54.0 Å². The second kappa shape index (κ2) is 5.14. The highest BCUT2D eigenvalue weighted by molar-refractivity contribution is 5.41. The molecule has 0 radical (unpaired) electrons. The van der Waals surface area contributed by atoms with Gasteiger partial charge in [-0.3, -0.25) is 0 Å². The molecule has 2 aromatic rings. The van der Waals surface area contributed by atoms with E-state index in [0.717, 1.165) is 5.56 Å². The number of hydrogen-bond donors (Lipinski definition) is 2. The van der Waals surface area contributed by atoms with Crippen molar-refractivity contribution in [2.24, 2.45) is 0 Å². The van der Waals surface area contributed by atoms with Gasteiger partial charge in [0.05, 0.1) is 12.1 Å². The topological polar surface area (TPSA) is 58.0 Å². The zero-order valence-electron chi connectivity index (χ0n) is 10.6. The largest absolute Gasteiger partial charge is 0.394 e. The molecule has 94 valence electrons. The van der Waals surface area contributed by atoms with E-state index in [1.54, 1.807) is 12.3 Å². The van der Waals surface area contributed by atoms with Crippen LogP contribution >= 0.6 is 0 Å². The zero-order valence-corrected chi connectivity index (χ0v) is 10.6. The third-order valence-corrected chi connectivity index (χ3v) is 2.91. The first-order valence-electron chi connectivity index (χ1n) is 5.88. The summed E-state index contributed by atoms with van der Waals surface area (Å²) in [6.45, 7) is 3.77. The van der Waals surface area contributed by atoms with E-state index in [1.807, 2.05) is 44.2 Å². The molecule has 0 spiro atoms. The van der Waals surface area contributed by atoms with Crippen LogP contribution in [0.5, 0.6) is 0 Å². The Morgan fingerprint density at radius 1 is 1.22 bits per heavy atom. The van der Waals surface area contributed by atoms with Crippen LogP contribution in [0.1, 0.15) is 18.3 Å². The van der Waals surface area contributed by atoms with Crippen molar-refractivity contribution in [1.82, 2.24) is 9.97 Å². The maximum atomic E-state index is 9.66. The lowest BCUT2D eigenvalue weighted by atomic mass is 9.93. The van der Waals surface area contributed by atoms with Crippen molar-refractivity contribution < 1.29 is 5.11 Å². The first-order valence-corrected chi connectivity index (χ1v) is 5.88. The summed E-state index contributed by atoms with van der Waals surface area (Å²) in [6.07, 6.45) is 1.70. The molecule has 0 fully saturated rings. The molecule has 0 saturated carbocycles. The summed E-state index contributed by atoms with van der Waals surface area (Å²) in [6, 6.07) is 11.6. The molecule has 0 saturated heterocycles. The average Bonchev–Trinajstić information content (AvgIpc) is 2.39. The molecular weight excluding hydrogens is 226 g/mol. The molecule has 1 atom stereocenters. The Bertz CT molecular complexity index is 515. The highest BCUT2D eigenvalue weighted by atomic mass is 16.3. The minimum absolute atomic E-state index is 0.0138. The minimum atomic E-state index is -0.554. The summed E-state index contributed by atoms with van der Waals surface area (Å²) in [5.74, 6) is 1.41. The highest BCUT2D eigenvalue weighted by Gasteiger charge is 2.25. The van der Waals surface area contributed by atoms with Crippen molar-refractivity contribution >= 4 is 5.82 Å². The van der Waals surface area contributed by atoms with Crippen molar-refractivity contribution in [3.8, 4) is 0 Å². The van der Waals surface area contributed by atoms with E-state index in [0.29, 0.717) is 11.6 Å². The van der Waals surface area contributed by atoms with Gasteiger partial charge >= 0.3 is 0 Å². The van der Waals surface area contributed by atoms with E-state index in [-0.39, 0.29) is 6.61 Å². The van der Waals surface area contributed by atoms with Crippen LogP contribution in [0.3, 0.4) is 0 Å². The SMILES string of the molecule is Cc1nccc(NC(C)(CO)c2ccccc2)n1. The fourth-order valence-electron chi connectivity index (χ4n) is 1.82. The Morgan fingerprint density at radius 2 is 1.94 bits per heavy atom. The third kappa shape index (κ3) is 2.65. The number of aryl methyl sites for hydroxylation is 1. The first kappa shape index (κ1) is 12.5. The normalized spacial score (nSPS) is 13.9. The van der Waals surface area contributed by atoms with Gasteiger partial charge in [0, 0.05) is 6.20 Å². The molecule has 18 heavy (non-hydrogen) atoms. The van der Waals surface area contributed by atoms with E-state index < -0.39 is 5.54 Å². The quantitative estimate of drug-likeness (QED) is 0.863. The van der Waals surface area contributed by atoms with Crippen LogP contribution in [-0.4, -0.2) is 21.7 Å². The lowest BCUT2D eigenvalue weighted by Crippen LogP contribution is -2.36.